The van der Waals surface area contributed by atoms with Gasteiger partial charge in [0.15, 0.2) is 5.37 Å². The third-order valence-corrected chi connectivity index (χ3v) is 8.58. The Morgan fingerprint density at radius 2 is 1.62 bits per heavy atom. The largest absolute Gasteiger partial charge is 0.367 e. The molecule has 3 amide bonds. The van der Waals surface area contributed by atoms with Gasteiger partial charge in [-0.15, -0.1) is 23.5 Å². The molecule has 2 aliphatic heterocycles. The van der Waals surface area contributed by atoms with Crippen LogP contribution in [0.3, 0.4) is 0 Å². The Labute approximate surface area is 208 Å². The Kier molecular flexibility index (Phi) is 7.85. The fraction of sp³-hybridized carbons (Fsp3) is 0.400. The molecule has 0 radical (unpaired) electrons. The van der Waals surface area contributed by atoms with Gasteiger partial charge in [0.25, 0.3) is 5.91 Å². The fourth-order valence-electron chi connectivity index (χ4n) is 4.62. The van der Waals surface area contributed by atoms with Crippen LogP contribution in [0.2, 0.25) is 0 Å². The molecule has 2 heterocycles. The van der Waals surface area contributed by atoms with E-state index in [-0.39, 0.29) is 18.2 Å². The number of benzene rings is 2. The van der Waals surface area contributed by atoms with Crippen LogP contribution >= 0.6 is 23.5 Å². The molecular weight excluding hydrogens is 468 g/mol. The van der Waals surface area contributed by atoms with Crippen molar-refractivity contribution in [3.05, 3.63) is 71.8 Å². The summed E-state index contributed by atoms with van der Waals surface area (Å²) in [4.78, 5) is 43.4. The first-order valence-corrected chi connectivity index (χ1v) is 13.6. The van der Waals surface area contributed by atoms with Crippen molar-refractivity contribution < 1.29 is 14.4 Å². The first-order valence-electron chi connectivity index (χ1n) is 11.4. The predicted molar refractivity (Wildman–Crippen MR) is 137 cm³/mol. The van der Waals surface area contributed by atoms with E-state index in [1.165, 1.54) is 16.7 Å². The molecule has 2 aromatic carbocycles. The zero-order valence-electron chi connectivity index (χ0n) is 19.0. The summed E-state index contributed by atoms with van der Waals surface area (Å²) in [6, 6.07) is 19.2. The fourth-order valence-corrected chi connectivity index (χ4v) is 6.65. The zero-order valence-corrected chi connectivity index (χ0v) is 20.6. The normalized spacial score (nSPS) is 20.7. The first-order chi connectivity index (χ1) is 16.4. The number of hydrogen-bond acceptors (Lipinski definition) is 6. The van der Waals surface area contributed by atoms with Gasteiger partial charge in [-0.25, -0.2) is 0 Å². The monoisotopic (exact) mass is 498 g/mol. The Hall–Kier alpha value is -2.49. The Morgan fingerprint density at radius 3 is 2.21 bits per heavy atom. The van der Waals surface area contributed by atoms with Gasteiger partial charge >= 0.3 is 0 Å². The van der Waals surface area contributed by atoms with Crippen LogP contribution in [0.1, 0.15) is 11.1 Å². The van der Waals surface area contributed by atoms with Crippen molar-refractivity contribution in [2.24, 2.45) is 17.4 Å². The van der Waals surface area contributed by atoms with Crippen LogP contribution in [-0.4, -0.2) is 68.9 Å². The molecule has 3 atom stereocenters. The minimum Gasteiger partial charge on any atom is -0.367 e. The van der Waals surface area contributed by atoms with E-state index in [2.05, 4.69) is 0 Å². The Balaban J connectivity index is 1.76. The summed E-state index contributed by atoms with van der Waals surface area (Å²) in [6.07, 6.45) is 0.516. The highest BCUT2D eigenvalue weighted by atomic mass is 32.2. The summed E-state index contributed by atoms with van der Waals surface area (Å²) < 4.78 is 0. The lowest BCUT2D eigenvalue weighted by atomic mass is 9.74. The average molecular weight is 499 g/mol. The van der Waals surface area contributed by atoms with Crippen LogP contribution in [0, 0.1) is 5.92 Å². The molecule has 180 valence electrons. The molecular formula is C25H30N4O3S2. The minimum atomic E-state index is -1.48. The lowest BCUT2D eigenvalue weighted by Crippen LogP contribution is -2.65. The van der Waals surface area contributed by atoms with Crippen molar-refractivity contribution in [3.8, 4) is 0 Å². The third-order valence-electron chi connectivity index (χ3n) is 6.40. The Bertz CT molecular complexity index is 1020. The molecule has 2 aromatic rings. The molecule has 4 N–H and O–H groups in total. The van der Waals surface area contributed by atoms with Gasteiger partial charge in [-0.3, -0.25) is 14.4 Å². The summed E-state index contributed by atoms with van der Waals surface area (Å²) >= 11 is 3.03. The molecule has 2 fully saturated rings. The van der Waals surface area contributed by atoms with E-state index in [1.807, 2.05) is 60.7 Å². The van der Waals surface area contributed by atoms with Gasteiger partial charge in [0.2, 0.25) is 11.8 Å². The van der Waals surface area contributed by atoms with Gasteiger partial charge in [0.1, 0.15) is 5.54 Å². The highest BCUT2D eigenvalue weighted by Crippen LogP contribution is 2.33. The number of hydrogen-bond donors (Lipinski definition) is 2. The third kappa shape index (κ3) is 5.26. The molecule has 1 unspecified atom stereocenters. The summed E-state index contributed by atoms with van der Waals surface area (Å²) in [6.45, 7) is 1.00. The van der Waals surface area contributed by atoms with Crippen molar-refractivity contribution in [2.45, 2.75) is 23.8 Å². The van der Waals surface area contributed by atoms with Crippen LogP contribution in [-0.2, 0) is 27.2 Å². The summed E-state index contributed by atoms with van der Waals surface area (Å²) in [5.41, 5.74) is 13.0. The summed E-state index contributed by atoms with van der Waals surface area (Å²) in [5.74, 6) is 0.0920. The molecule has 0 aromatic heterocycles. The lowest BCUT2D eigenvalue weighted by molar-refractivity contribution is -0.148. The standard InChI is InChI=1S/C25H30N4O3S2/c26-21(30)23-29(12-14-34-23)22(31)20(15-18-7-3-1-4-8-18)25(27,16-19-9-5-2-6-10-19)24(32)28-11-13-33-17-28/h1-10,20,23H,11-17,27H2,(H2,26,30)/t20-,23+,25?/m1/s1. The predicted octanol–water partition coefficient (Wildman–Crippen LogP) is 1.71. The second kappa shape index (κ2) is 10.8. The number of carbonyl (C=O) groups excluding carboxylic acids is 3. The van der Waals surface area contributed by atoms with Gasteiger partial charge < -0.3 is 21.3 Å². The molecule has 2 saturated heterocycles. The topological polar surface area (TPSA) is 110 Å². The number of nitrogens with two attached hydrogens (primary N) is 2. The van der Waals surface area contributed by atoms with Crippen LogP contribution in [0.5, 0.6) is 0 Å². The van der Waals surface area contributed by atoms with E-state index in [1.54, 1.807) is 16.7 Å². The molecule has 2 aliphatic rings. The van der Waals surface area contributed by atoms with Crippen LogP contribution < -0.4 is 11.5 Å². The first kappa shape index (κ1) is 24.6. The average Bonchev–Trinajstić information content (AvgIpc) is 3.55. The van der Waals surface area contributed by atoms with Crippen LogP contribution in [0.15, 0.2) is 60.7 Å². The Morgan fingerprint density at radius 1 is 0.971 bits per heavy atom. The van der Waals surface area contributed by atoms with E-state index < -0.39 is 22.7 Å². The van der Waals surface area contributed by atoms with Crippen molar-refractivity contribution >= 4 is 41.2 Å². The number of nitrogens with zero attached hydrogens (tertiary/aromatic N) is 2. The minimum absolute atomic E-state index is 0.222. The molecule has 0 spiro atoms. The summed E-state index contributed by atoms with van der Waals surface area (Å²) in [7, 11) is 0. The zero-order chi connectivity index (χ0) is 24.1. The van der Waals surface area contributed by atoms with Gasteiger partial charge in [0, 0.05) is 31.0 Å². The molecule has 7 nitrogen and oxygen atoms in total. The molecule has 0 saturated carbocycles. The van der Waals surface area contributed by atoms with E-state index in [9.17, 15) is 14.4 Å². The number of rotatable bonds is 8. The van der Waals surface area contributed by atoms with Gasteiger partial charge in [-0.2, -0.15) is 0 Å². The molecule has 9 heteroatoms. The molecule has 34 heavy (non-hydrogen) atoms. The highest BCUT2D eigenvalue weighted by molar-refractivity contribution is 8.00. The maximum Gasteiger partial charge on any atom is 0.250 e. The molecule has 0 aliphatic carbocycles. The van der Waals surface area contributed by atoms with Crippen molar-refractivity contribution in [1.82, 2.24) is 9.80 Å². The molecule has 4 rings (SSSR count). The van der Waals surface area contributed by atoms with Crippen LogP contribution in [0.25, 0.3) is 0 Å². The number of amides is 3. The van der Waals surface area contributed by atoms with Gasteiger partial charge in [-0.1, -0.05) is 60.7 Å². The highest BCUT2D eigenvalue weighted by Gasteiger charge is 2.51. The second-order valence-corrected chi connectivity index (χ2v) is 11.0. The molecule has 0 bridgehead atoms. The maximum atomic E-state index is 14.1. The van der Waals surface area contributed by atoms with Crippen molar-refractivity contribution in [3.63, 3.8) is 0 Å². The number of primary amides is 1. The van der Waals surface area contributed by atoms with E-state index in [4.69, 9.17) is 11.5 Å². The second-order valence-electron chi connectivity index (χ2n) is 8.71. The van der Waals surface area contributed by atoms with Gasteiger partial charge in [-0.05, 0) is 17.5 Å². The van der Waals surface area contributed by atoms with E-state index in [0.29, 0.717) is 31.1 Å². The van der Waals surface area contributed by atoms with E-state index >= 15 is 0 Å². The quantitative estimate of drug-likeness (QED) is 0.573. The lowest BCUT2D eigenvalue weighted by Gasteiger charge is -2.40. The van der Waals surface area contributed by atoms with Crippen molar-refractivity contribution in [2.75, 3.05) is 30.5 Å². The van der Waals surface area contributed by atoms with E-state index in [0.717, 1.165) is 16.9 Å². The maximum absolute atomic E-state index is 14.1. The number of thioether (sulfide) groups is 2. The van der Waals surface area contributed by atoms with Gasteiger partial charge in [0.05, 0.1) is 11.8 Å². The summed E-state index contributed by atoms with van der Waals surface area (Å²) in [5, 5.41) is -0.746. The SMILES string of the molecule is NC(=O)[C@@H]1SCCN1C(=O)[C@@H](Cc1ccccc1)C(N)(Cc1ccccc1)C(=O)N1CCSC1. The smallest absolute Gasteiger partial charge is 0.250 e. The number of carbonyl (C=O) groups is 3. The van der Waals surface area contributed by atoms with Crippen molar-refractivity contribution in [1.29, 1.82) is 0 Å². The van der Waals surface area contributed by atoms with Crippen LogP contribution in [0.4, 0.5) is 0 Å².